The van der Waals surface area contributed by atoms with Gasteiger partial charge in [0.25, 0.3) is 0 Å². The zero-order valence-electron chi connectivity index (χ0n) is 12.4. The van der Waals surface area contributed by atoms with E-state index in [0.717, 1.165) is 11.1 Å². The molecule has 1 aliphatic heterocycles. The van der Waals surface area contributed by atoms with Gasteiger partial charge in [0.2, 0.25) is 0 Å². The molecule has 4 nitrogen and oxygen atoms in total. The van der Waals surface area contributed by atoms with E-state index in [9.17, 15) is 4.39 Å². The third kappa shape index (κ3) is 2.78. The van der Waals surface area contributed by atoms with Crippen LogP contribution in [0.4, 0.5) is 10.1 Å². The summed E-state index contributed by atoms with van der Waals surface area (Å²) in [5.74, 6) is 0.459. The highest BCUT2D eigenvalue weighted by atomic mass is 35.5. The average molecular weight is 332 g/mol. The number of rotatable bonds is 2. The molecule has 0 atom stereocenters. The first kappa shape index (κ1) is 14.5. The highest BCUT2D eigenvalue weighted by molar-refractivity contribution is 6.30. The molecule has 1 saturated heterocycles. The predicted molar refractivity (Wildman–Crippen MR) is 89.5 cm³/mol. The Labute approximate surface area is 137 Å². The quantitative estimate of drug-likeness (QED) is 0.775. The lowest BCUT2D eigenvalue weighted by atomic mass is 10.2. The lowest BCUT2D eigenvalue weighted by Gasteiger charge is -2.29. The van der Waals surface area contributed by atoms with Crippen LogP contribution in [0.5, 0.6) is 0 Å². The van der Waals surface area contributed by atoms with Gasteiger partial charge in [-0.2, -0.15) is 0 Å². The fraction of sp³-hybridized carbons (Fsp3) is 0.235. The minimum atomic E-state index is -0.245. The molecule has 6 heteroatoms. The third-order valence-electron chi connectivity index (χ3n) is 4.02. The van der Waals surface area contributed by atoms with Crippen molar-refractivity contribution < 1.29 is 9.13 Å². The zero-order valence-corrected chi connectivity index (χ0v) is 13.1. The molecule has 0 saturated carbocycles. The smallest absolute Gasteiger partial charge is 0.148 e. The third-order valence-corrected chi connectivity index (χ3v) is 4.27. The summed E-state index contributed by atoms with van der Waals surface area (Å²) in [5.41, 5.74) is 2.93. The Morgan fingerprint density at radius 1 is 1.13 bits per heavy atom. The predicted octanol–water partition coefficient (Wildman–Crippen LogP) is 3.86. The molecule has 4 rings (SSSR count). The Morgan fingerprint density at radius 2 is 1.87 bits per heavy atom. The number of hydrogen-bond acceptors (Lipinski definition) is 3. The van der Waals surface area contributed by atoms with E-state index >= 15 is 0 Å². The second-order valence-corrected chi connectivity index (χ2v) is 5.95. The molecule has 0 aliphatic carbocycles. The summed E-state index contributed by atoms with van der Waals surface area (Å²) in [4.78, 5) is 9.75. The number of morpholine rings is 1. The Kier molecular flexibility index (Phi) is 3.67. The summed E-state index contributed by atoms with van der Waals surface area (Å²) in [7, 11) is 0. The normalized spacial score (nSPS) is 15.3. The molecule has 2 heterocycles. The average Bonchev–Trinajstić information content (AvgIpc) is 2.98. The monoisotopic (exact) mass is 331 g/mol. The molecule has 23 heavy (non-hydrogen) atoms. The van der Waals surface area contributed by atoms with Crippen LogP contribution in [0.1, 0.15) is 0 Å². The maximum absolute atomic E-state index is 14.4. The van der Waals surface area contributed by atoms with Crippen molar-refractivity contribution in [2.24, 2.45) is 0 Å². The first-order valence-corrected chi connectivity index (χ1v) is 7.86. The molecule has 1 aromatic heterocycles. The number of anilines is 1. The van der Waals surface area contributed by atoms with Crippen LogP contribution in [0, 0.1) is 5.82 Å². The van der Waals surface area contributed by atoms with Crippen molar-refractivity contribution >= 4 is 28.3 Å². The number of aromatic amines is 1. The van der Waals surface area contributed by atoms with E-state index in [-0.39, 0.29) is 5.82 Å². The number of hydrogen-bond donors (Lipinski definition) is 1. The van der Waals surface area contributed by atoms with Crippen molar-refractivity contribution in [1.29, 1.82) is 0 Å². The number of H-pyrrole nitrogens is 1. The number of aromatic nitrogens is 2. The molecule has 1 aliphatic rings. The Balaban J connectivity index is 1.75. The van der Waals surface area contributed by atoms with Crippen LogP contribution in [0.15, 0.2) is 36.4 Å². The van der Waals surface area contributed by atoms with E-state index in [2.05, 4.69) is 9.97 Å². The first-order chi connectivity index (χ1) is 11.2. The topological polar surface area (TPSA) is 41.2 Å². The number of imidazole rings is 1. The Morgan fingerprint density at radius 3 is 2.61 bits per heavy atom. The summed E-state index contributed by atoms with van der Waals surface area (Å²) in [6.07, 6.45) is 0. The lowest BCUT2D eigenvalue weighted by Crippen LogP contribution is -2.36. The highest BCUT2D eigenvalue weighted by Crippen LogP contribution is 2.28. The van der Waals surface area contributed by atoms with E-state index in [1.54, 1.807) is 6.07 Å². The van der Waals surface area contributed by atoms with Gasteiger partial charge < -0.3 is 14.6 Å². The van der Waals surface area contributed by atoms with E-state index in [4.69, 9.17) is 16.3 Å². The van der Waals surface area contributed by atoms with Crippen LogP contribution in [0.3, 0.4) is 0 Å². The molecule has 0 spiro atoms. The van der Waals surface area contributed by atoms with Crippen LogP contribution in [0.2, 0.25) is 5.02 Å². The van der Waals surface area contributed by atoms with Gasteiger partial charge >= 0.3 is 0 Å². The van der Waals surface area contributed by atoms with Gasteiger partial charge in [0.05, 0.1) is 29.9 Å². The van der Waals surface area contributed by atoms with Crippen molar-refractivity contribution in [2.45, 2.75) is 0 Å². The van der Waals surface area contributed by atoms with Crippen LogP contribution < -0.4 is 4.90 Å². The van der Waals surface area contributed by atoms with Crippen molar-refractivity contribution in [3.63, 3.8) is 0 Å². The number of nitrogens with one attached hydrogen (secondary N) is 1. The summed E-state index contributed by atoms with van der Waals surface area (Å²) in [6, 6.07) is 10.7. The molecule has 0 radical (unpaired) electrons. The van der Waals surface area contributed by atoms with E-state index in [1.807, 2.05) is 29.2 Å². The van der Waals surface area contributed by atoms with Gasteiger partial charge in [0, 0.05) is 29.7 Å². The molecule has 2 aromatic carbocycles. The van der Waals surface area contributed by atoms with Gasteiger partial charge in [0.1, 0.15) is 11.6 Å². The minimum absolute atomic E-state index is 0.245. The van der Waals surface area contributed by atoms with Crippen molar-refractivity contribution in [3.05, 3.63) is 47.2 Å². The van der Waals surface area contributed by atoms with Gasteiger partial charge in [-0.25, -0.2) is 9.37 Å². The number of ether oxygens (including phenoxy) is 1. The first-order valence-electron chi connectivity index (χ1n) is 7.48. The SMILES string of the molecule is Fc1cc2[nH]c(-c3ccc(Cl)cc3)nc2cc1N1CCOCC1. The minimum Gasteiger partial charge on any atom is -0.378 e. The fourth-order valence-corrected chi connectivity index (χ4v) is 2.94. The second kappa shape index (κ2) is 5.83. The van der Waals surface area contributed by atoms with E-state index < -0.39 is 0 Å². The van der Waals surface area contributed by atoms with E-state index in [0.29, 0.717) is 48.4 Å². The van der Waals surface area contributed by atoms with E-state index in [1.165, 1.54) is 6.07 Å². The number of fused-ring (bicyclic) bond motifs is 1. The number of halogens is 2. The maximum Gasteiger partial charge on any atom is 0.148 e. The molecule has 0 amide bonds. The van der Waals surface area contributed by atoms with Gasteiger partial charge in [-0.3, -0.25) is 0 Å². The molecule has 118 valence electrons. The highest BCUT2D eigenvalue weighted by Gasteiger charge is 2.17. The van der Waals surface area contributed by atoms with Crippen molar-refractivity contribution in [3.8, 4) is 11.4 Å². The lowest BCUT2D eigenvalue weighted by molar-refractivity contribution is 0.122. The Bertz CT molecular complexity index is 841. The zero-order chi connectivity index (χ0) is 15.8. The van der Waals surface area contributed by atoms with Crippen molar-refractivity contribution in [1.82, 2.24) is 9.97 Å². The van der Waals surface area contributed by atoms with Gasteiger partial charge in [-0.05, 0) is 30.3 Å². The molecular weight excluding hydrogens is 317 g/mol. The largest absolute Gasteiger partial charge is 0.378 e. The number of nitrogens with zero attached hydrogens (tertiary/aromatic N) is 2. The van der Waals surface area contributed by atoms with Crippen LogP contribution in [-0.4, -0.2) is 36.3 Å². The summed E-state index contributed by atoms with van der Waals surface area (Å²) >= 11 is 5.91. The maximum atomic E-state index is 14.4. The number of benzene rings is 2. The van der Waals surface area contributed by atoms with Crippen LogP contribution >= 0.6 is 11.6 Å². The molecule has 0 unspecified atom stereocenters. The molecule has 3 aromatic rings. The fourth-order valence-electron chi connectivity index (χ4n) is 2.81. The second-order valence-electron chi connectivity index (χ2n) is 5.51. The summed E-state index contributed by atoms with van der Waals surface area (Å²) in [6.45, 7) is 2.62. The van der Waals surface area contributed by atoms with Gasteiger partial charge in [-0.15, -0.1) is 0 Å². The van der Waals surface area contributed by atoms with Crippen LogP contribution in [0.25, 0.3) is 22.4 Å². The van der Waals surface area contributed by atoms with Crippen molar-refractivity contribution in [2.75, 3.05) is 31.2 Å². The Hall–Kier alpha value is -2.11. The summed E-state index contributed by atoms with van der Waals surface area (Å²) < 4.78 is 19.7. The molecule has 0 bridgehead atoms. The molecular formula is C17H15ClFN3O. The van der Waals surface area contributed by atoms with Gasteiger partial charge in [-0.1, -0.05) is 11.6 Å². The van der Waals surface area contributed by atoms with Gasteiger partial charge in [0.15, 0.2) is 0 Å². The summed E-state index contributed by atoms with van der Waals surface area (Å²) in [5, 5.41) is 0.672. The van der Waals surface area contributed by atoms with Crippen LogP contribution in [-0.2, 0) is 4.74 Å². The molecule has 1 fully saturated rings. The molecule has 1 N–H and O–H groups in total. The standard InChI is InChI=1S/C17H15ClFN3O/c18-12-3-1-11(2-4-12)17-20-14-9-13(19)16(10-15(14)21-17)22-5-7-23-8-6-22/h1-4,9-10H,5-8H2,(H,20,21).